The molecular formula is C61H64Br5N11O19S18. The van der Waals surface area contributed by atoms with Gasteiger partial charge in [-0.2, -0.15) is 38.2 Å². The highest BCUT2D eigenvalue weighted by Crippen LogP contribution is 2.29. The maximum Gasteiger partial charge on any atom is 0.435 e. The topological polar surface area (TPSA) is 421 Å². The van der Waals surface area contributed by atoms with E-state index in [0.29, 0.717) is 64.8 Å². The summed E-state index contributed by atoms with van der Waals surface area (Å²) < 4.78 is 95.4. The predicted octanol–water partition coefficient (Wildman–Crippen LogP) is 10.1. The summed E-state index contributed by atoms with van der Waals surface area (Å²) in [7, 11) is -3.87. The number of carbonyl (C=O) groups is 8. The van der Waals surface area contributed by atoms with Crippen LogP contribution in [0.1, 0.15) is 116 Å². The van der Waals surface area contributed by atoms with Crippen LogP contribution in [0.2, 0.25) is 0 Å². The Labute approximate surface area is 760 Å². The highest BCUT2D eigenvalue weighted by molar-refractivity contribution is 9.11. The van der Waals surface area contributed by atoms with Gasteiger partial charge in [-0.1, -0.05) is 91.8 Å². The summed E-state index contributed by atoms with van der Waals surface area (Å²) in [5, 5.41) is 31.0. The van der Waals surface area contributed by atoms with Gasteiger partial charge in [0.05, 0.1) is 48.4 Å². The normalized spacial score (nSPS) is 11.5. The Bertz CT molecular complexity index is 5680. The second kappa shape index (κ2) is 49.1. The van der Waals surface area contributed by atoms with E-state index in [0.717, 1.165) is 62.6 Å². The molecule has 0 radical (unpaired) electrons. The lowest BCUT2D eigenvalue weighted by Crippen LogP contribution is -2.35. The van der Waals surface area contributed by atoms with Crippen molar-refractivity contribution in [1.29, 1.82) is 0 Å². The third-order valence-corrected chi connectivity index (χ3v) is 23.1. The molecule has 5 heterocycles. The Morgan fingerprint density at radius 1 is 0.456 bits per heavy atom. The van der Waals surface area contributed by atoms with Crippen molar-refractivity contribution in [1.82, 2.24) is 43.5 Å². The van der Waals surface area contributed by atoms with Gasteiger partial charge in [-0.05, 0) is 152 Å². The average molecular weight is 2230 g/mol. The van der Waals surface area contributed by atoms with E-state index >= 15 is 0 Å². The number of aliphatic imine (C=N–C) groups is 2. The number of hydrogen-bond acceptors (Lipinski definition) is 30. The SMILES string of the molecule is CC(C)(C)OC(=O)Cn1nc(C(=O)NS(C)(=O)=O)c2cc(Br)ccc21.CC(C)(C)OC(=O)n1nc(C(=O)NS(C)(=O)=O)c2cc(Br)ccc21.CC(C)(C)OC(=O)n1nc(C(=O)O)c2cc(Br)ccc21.CS(=O)(=O)NC(=O)C1=NCc2ccc(Br)cc21.O=C(O)C1=NCc2ccc(Br)cc21.S.S=S.S=S=S.S=S=S=S.S=S=S=S=S. The lowest BCUT2D eigenvalue weighted by Gasteiger charge is -2.19. The molecule has 5 aromatic carbocycles. The molecule has 0 bridgehead atoms. The Morgan fingerprint density at radius 2 is 0.772 bits per heavy atom. The van der Waals surface area contributed by atoms with Crippen LogP contribution in [0.3, 0.4) is 0 Å². The van der Waals surface area contributed by atoms with Gasteiger partial charge in [0, 0.05) is 192 Å². The van der Waals surface area contributed by atoms with Gasteiger partial charge in [-0.25, -0.2) is 58.6 Å². The van der Waals surface area contributed by atoms with Crippen LogP contribution in [0.5, 0.6) is 0 Å². The number of benzene rings is 5. The standard InChI is InChI=1S/C15H18BrN3O5S.C14H16BrN3O5S.C13H13BrN2O4.C10H9BrN2O3S.C9H6BrNO2.S5.S4.S3.S2.H2S/c1-15(2,3)24-12(20)8-19-11-6-5-9(16)7-10(11)13(17-19)14(21)18-25(4,22)23;1-14(2,3)23-13(20)18-10-6-5-8(15)7-9(10)11(16-18)12(19)17-24(4,21)22;1-13(2,3)20-12(19)16-9-5-4-7(14)6-8(9)10(15-16)11(17)18;1-17(15,16)13-10(14)9-8-4-7(11)3-2-6(8)5-12-9;10-6-2-1-5-4-11-8(9(12)13)7(5)3-6;1-3-5-4-2;1-3-4-2;1-3-2;1-2;/h5-7H,8H2,1-4H3,(H,18,21);5-7H,1-4H3,(H,17,19);4-6H,1-3H3,(H,17,18);2-4H,5H2,1H3,(H,13,14);1-3H,4H2,(H,12,13);;;;;1H2. The van der Waals surface area contributed by atoms with Crippen molar-refractivity contribution in [2.24, 2.45) is 9.98 Å². The predicted molar refractivity (Wildman–Crippen MR) is 496 cm³/mol. The number of sulfonamides is 3. The average Bonchev–Trinajstić information content (AvgIpc) is 1.63. The van der Waals surface area contributed by atoms with E-state index < -0.39 is 94.7 Å². The number of ether oxygens (including phenoxy) is 3. The number of nitrogens with one attached hydrogen (secondary N) is 3. The second-order valence-corrected chi connectivity index (χ2v) is 45.1. The molecule has 114 heavy (non-hydrogen) atoms. The number of carboxylic acids is 2. The molecule has 3 amide bonds. The van der Waals surface area contributed by atoms with Crippen molar-refractivity contribution in [2.75, 3.05) is 18.8 Å². The summed E-state index contributed by atoms with van der Waals surface area (Å²) >= 11 is 49.6. The van der Waals surface area contributed by atoms with Crippen LogP contribution >= 0.6 is 93.1 Å². The fraction of sp³-hybridized carbons (Fsp3) is 0.295. The summed E-state index contributed by atoms with van der Waals surface area (Å²) in [5.41, 5.74) is 2.25. The van der Waals surface area contributed by atoms with Crippen molar-refractivity contribution >= 4 is 358 Å². The number of aromatic nitrogens is 6. The van der Waals surface area contributed by atoms with E-state index in [1.165, 1.54) is 49.1 Å². The van der Waals surface area contributed by atoms with Gasteiger partial charge < -0.3 is 24.4 Å². The minimum Gasteiger partial charge on any atom is -0.477 e. The van der Waals surface area contributed by atoms with Crippen LogP contribution in [0.15, 0.2) is 123 Å². The lowest BCUT2D eigenvalue weighted by molar-refractivity contribution is -0.155. The molecule has 0 saturated carbocycles. The Kier molecular flexibility index (Phi) is 46.2. The molecule has 0 aliphatic carbocycles. The highest BCUT2D eigenvalue weighted by atomic mass is 79.9. The second-order valence-electron chi connectivity index (χ2n) is 24.6. The van der Waals surface area contributed by atoms with Crippen molar-refractivity contribution in [3.05, 3.63) is 153 Å². The van der Waals surface area contributed by atoms with Crippen LogP contribution in [-0.4, -0.2) is 160 Å². The molecule has 8 aromatic rings. The number of nitrogens with zero attached hydrogens (tertiary/aromatic N) is 8. The van der Waals surface area contributed by atoms with Crippen molar-refractivity contribution in [3.8, 4) is 0 Å². The van der Waals surface area contributed by atoms with Crippen LogP contribution in [0.25, 0.3) is 32.7 Å². The number of halogens is 5. The minimum absolute atomic E-state index is 0. The molecule has 53 heteroatoms. The van der Waals surface area contributed by atoms with E-state index in [2.05, 4.69) is 194 Å². The Morgan fingerprint density at radius 3 is 1.11 bits per heavy atom. The molecular weight excluding hydrogens is 2170 g/mol. The highest BCUT2D eigenvalue weighted by Gasteiger charge is 2.30. The van der Waals surface area contributed by atoms with Gasteiger partial charge in [-0.15, -0.1) is 0 Å². The van der Waals surface area contributed by atoms with E-state index in [4.69, 9.17) is 24.4 Å². The molecule has 0 saturated heterocycles. The van der Waals surface area contributed by atoms with E-state index in [9.17, 15) is 63.6 Å². The molecule has 0 atom stereocenters. The Balaban J connectivity index is 0.000000689. The largest absolute Gasteiger partial charge is 0.477 e. The van der Waals surface area contributed by atoms with Gasteiger partial charge >= 0.3 is 30.1 Å². The van der Waals surface area contributed by atoms with Crippen LogP contribution in [0.4, 0.5) is 9.59 Å². The summed E-state index contributed by atoms with van der Waals surface area (Å²) in [5.74, 6) is -5.16. The molecule has 5 N–H and O–H groups in total. The van der Waals surface area contributed by atoms with Crippen molar-refractivity contribution in [3.63, 3.8) is 0 Å². The number of carboxylic acid groups (broad SMARTS) is 2. The first-order chi connectivity index (χ1) is 52.2. The number of esters is 1. The monoisotopic (exact) mass is 2220 g/mol. The number of hydrogen-bond donors (Lipinski definition) is 5. The number of carbonyl (C=O) groups excluding carboxylic acids is 6. The number of rotatable bonds is 10. The maximum absolute atomic E-state index is 12.3. The minimum atomic E-state index is -3.77. The zero-order chi connectivity index (χ0) is 86.6. The zero-order valence-corrected chi connectivity index (χ0v) is 83.3. The summed E-state index contributed by atoms with van der Waals surface area (Å²) in [6, 6.07) is 25.8. The number of fused-ring (bicyclic) bond motifs is 5. The molecule has 30 nitrogen and oxygen atoms in total. The van der Waals surface area contributed by atoms with Crippen LogP contribution in [-0.2, 0) is 221 Å². The molecule has 3 aromatic heterocycles. The van der Waals surface area contributed by atoms with E-state index in [-0.39, 0.29) is 48.5 Å². The third kappa shape index (κ3) is 37.7. The smallest absolute Gasteiger partial charge is 0.435 e. The zero-order valence-electron chi connectivity index (χ0n) is 60.5. The van der Waals surface area contributed by atoms with E-state index in [1.807, 2.05) is 38.4 Å². The first-order valence-electron chi connectivity index (χ1n) is 30.0. The van der Waals surface area contributed by atoms with Crippen LogP contribution < -0.4 is 14.2 Å². The quantitative estimate of drug-likeness (QED) is 0.0627. The number of amides is 3. The van der Waals surface area contributed by atoms with Crippen LogP contribution in [0, 0.1) is 0 Å². The number of aliphatic carboxylic acids is 1. The summed E-state index contributed by atoms with van der Waals surface area (Å²) in [6.07, 6.45) is 1.18. The van der Waals surface area contributed by atoms with Gasteiger partial charge in [0.15, 0.2) is 22.8 Å². The fourth-order valence-electron chi connectivity index (χ4n) is 8.68. The van der Waals surface area contributed by atoms with Gasteiger partial charge in [0.25, 0.3) is 17.7 Å². The van der Waals surface area contributed by atoms with Gasteiger partial charge in [-0.3, -0.25) is 33.8 Å². The first kappa shape index (κ1) is 107. The fourth-order valence-corrected chi connectivity index (χ4v) is 14.5. The molecule has 0 fully saturated rings. The molecule has 2 aliphatic rings. The van der Waals surface area contributed by atoms with Gasteiger partial charge in [0.1, 0.15) is 29.1 Å². The Hall–Kier alpha value is -4.71. The van der Waals surface area contributed by atoms with Crippen molar-refractivity contribution in [2.45, 2.75) is 98.8 Å². The maximum atomic E-state index is 12.3. The molecule has 0 unspecified atom stereocenters. The first-order valence-corrected chi connectivity index (χ1v) is 53.0. The molecule has 620 valence electrons. The lowest BCUT2D eigenvalue weighted by atomic mass is 10.1. The van der Waals surface area contributed by atoms with E-state index in [1.54, 1.807) is 129 Å². The van der Waals surface area contributed by atoms with Crippen molar-refractivity contribution < 1.29 is 88.0 Å². The molecule has 0 spiro atoms. The molecule has 10 rings (SSSR count). The molecule has 2 aliphatic heterocycles. The third-order valence-electron chi connectivity index (χ3n) is 12.3. The summed E-state index contributed by atoms with van der Waals surface area (Å²) in [6.45, 7) is 16.2. The number of aromatic carboxylic acids is 1. The summed E-state index contributed by atoms with van der Waals surface area (Å²) in [4.78, 5) is 102. The van der Waals surface area contributed by atoms with Gasteiger partial charge in [0.2, 0.25) is 30.1 Å².